The van der Waals surface area contributed by atoms with Crippen molar-refractivity contribution in [3.63, 3.8) is 0 Å². The Labute approximate surface area is 124 Å². The molecule has 0 atom stereocenters. The molecule has 0 spiro atoms. The molecular weight excluding hydrogens is 292 g/mol. The van der Waals surface area contributed by atoms with Gasteiger partial charge in [-0.3, -0.25) is 9.59 Å². The lowest BCUT2D eigenvalue weighted by Gasteiger charge is -2.23. The molecule has 0 bridgehead atoms. The van der Waals surface area contributed by atoms with Crippen molar-refractivity contribution in [1.29, 1.82) is 0 Å². The van der Waals surface area contributed by atoms with Gasteiger partial charge in [0.25, 0.3) is 0 Å². The Morgan fingerprint density at radius 3 is 2.90 bits per heavy atom. The number of carbonyl (C=O) groups excluding carboxylic acids is 2. The minimum absolute atomic E-state index is 0.0197. The molecule has 3 rings (SSSR count). The monoisotopic (exact) mass is 306 g/mol. The molecular formula is C12H14N6O2S. The SMILES string of the molecule is O=C(Cn1cc(NC(=O)C2CCC2)nn1)Nc1nccs1. The molecule has 21 heavy (non-hydrogen) atoms. The Kier molecular flexibility index (Phi) is 3.91. The quantitative estimate of drug-likeness (QED) is 0.861. The summed E-state index contributed by atoms with van der Waals surface area (Å²) in [6, 6.07) is 0. The van der Waals surface area contributed by atoms with Crippen molar-refractivity contribution in [2.24, 2.45) is 5.92 Å². The van der Waals surface area contributed by atoms with Crippen molar-refractivity contribution in [3.05, 3.63) is 17.8 Å². The highest BCUT2D eigenvalue weighted by molar-refractivity contribution is 7.13. The van der Waals surface area contributed by atoms with Crippen molar-refractivity contribution in [1.82, 2.24) is 20.0 Å². The molecule has 0 aromatic carbocycles. The van der Waals surface area contributed by atoms with Gasteiger partial charge in [0.2, 0.25) is 11.8 Å². The predicted molar refractivity (Wildman–Crippen MR) is 76.7 cm³/mol. The number of rotatable bonds is 5. The van der Waals surface area contributed by atoms with Crippen molar-refractivity contribution in [2.75, 3.05) is 10.6 Å². The fraction of sp³-hybridized carbons (Fsp3) is 0.417. The molecule has 2 N–H and O–H groups in total. The zero-order valence-electron chi connectivity index (χ0n) is 11.2. The van der Waals surface area contributed by atoms with E-state index in [1.807, 2.05) is 0 Å². The van der Waals surface area contributed by atoms with Crippen molar-refractivity contribution in [2.45, 2.75) is 25.8 Å². The molecule has 2 amide bonds. The summed E-state index contributed by atoms with van der Waals surface area (Å²) in [6.07, 6.45) is 6.11. The molecule has 0 radical (unpaired) electrons. The Hall–Kier alpha value is -2.29. The minimum Gasteiger partial charge on any atom is -0.308 e. The number of carbonyl (C=O) groups is 2. The van der Waals surface area contributed by atoms with Gasteiger partial charge in [0, 0.05) is 17.5 Å². The van der Waals surface area contributed by atoms with Crippen LogP contribution in [0.15, 0.2) is 17.8 Å². The van der Waals surface area contributed by atoms with Gasteiger partial charge in [-0.2, -0.15) is 0 Å². The molecule has 1 aliphatic rings. The van der Waals surface area contributed by atoms with Gasteiger partial charge < -0.3 is 10.6 Å². The Morgan fingerprint density at radius 2 is 2.24 bits per heavy atom. The van der Waals surface area contributed by atoms with Gasteiger partial charge in [0.15, 0.2) is 10.9 Å². The number of hydrogen-bond acceptors (Lipinski definition) is 6. The van der Waals surface area contributed by atoms with Crippen molar-refractivity contribution in [3.8, 4) is 0 Å². The Bertz CT molecular complexity index is 634. The lowest BCUT2D eigenvalue weighted by atomic mass is 9.85. The van der Waals surface area contributed by atoms with E-state index in [0.29, 0.717) is 10.9 Å². The molecule has 0 saturated heterocycles. The number of amides is 2. The summed E-state index contributed by atoms with van der Waals surface area (Å²) in [4.78, 5) is 27.5. The zero-order valence-corrected chi connectivity index (χ0v) is 12.0. The van der Waals surface area contributed by atoms with E-state index in [-0.39, 0.29) is 24.3 Å². The molecule has 2 heterocycles. The first-order valence-electron chi connectivity index (χ1n) is 6.61. The molecule has 0 unspecified atom stereocenters. The topological polar surface area (TPSA) is 102 Å². The first kappa shape index (κ1) is 13.7. The summed E-state index contributed by atoms with van der Waals surface area (Å²) >= 11 is 1.34. The third-order valence-corrected chi connectivity index (χ3v) is 3.94. The predicted octanol–water partition coefficient (Wildman–Crippen LogP) is 1.11. The largest absolute Gasteiger partial charge is 0.308 e. The van der Waals surface area contributed by atoms with Crippen LogP contribution in [0.1, 0.15) is 19.3 Å². The second-order valence-electron chi connectivity index (χ2n) is 4.80. The molecule has 1 aliphatic carbocycles. The van der Waals surface area contributed by atoms with Gasteiger partial charge in [0.1, 0.15) is 6.54 Å². The summed E-state index contributed by atoms with van der Waals surface area (Å²) in [5.74, 6) is 0.185. The van der Waals surface area contributed by atoms with Crippen LogP contribution in [-0.4, -0.2) is 31.8 Å². The summed E-state index contributed by atoms with van der Waals surface area (Å²) in [5, 5.41) is 15.3. The Morgan fingerprint density at radius 1 is 1.38 bits per heavy atom. The van der Waals surface area contributed by atoms with Gasteiger partial charge in [-0.25, -0.2) is 9.67 Å². The van der Waals surface area contributed by atoms with Crippen LogP contribution >= 0.6 is 11.3 Å². The van der Waals surface area contributed by atoms with Crippen LogP contribution in [-0.2, 0) is 16.1 Å². The maximum absolute atomic E-state index is 11.8. The van der Waals surface area contributed by atoms with Gasteiger partial charge in [-0.15, -0.1) is 16.4 Å². The van der Waals surface area contributed by atoms with Gasteiger partial charge in [0.05, 0.1) is 6.20 Å². The third-order valence-electron chi connectivity index (χ3n) is 3.25. The lowest BCUT2D eigenvalue weighted by molar-refractivity contribution is -0.122. The van der Waals surface area contributed by atoms with E-state index < -0.39 is 0 Å². The van der Waals surface area contributed by atoms with E-state index in [9.17, 15) is 9.59 Å². The fourth-order valence-corrected chi connectivity index (χ4v) is 2.47. The van der Waals surface area contributed by atoms with E-state index in [1.54, 1.807) is 11.6 Å². The van der Waals surface area contributed by atoms with Crippen LogP contribution in [0, 0.1) is 5.92 Å². The van der Waals surface area contributed by atoms with Gasteiger partial charge in [-0.1, -0.05) is 11.6 Å². The van der Waals surface area contributed by atoms with Gasteiger partial charge >= 0.3 is 0 Å². The maximum Gasteiger partial charge on any atom is 0.247 e. The van der Waals surface area contributed by atoms with Crippen LogP contribution in [0.2, 0.25) is 0 Å². The normalized spacial score (nSPS) is 14.5. The van der Waals surface area contributed by atoms with Crippen LogP contribution in [0.5, 0.6) is 0 Å². The highest BCUT2D eigenvalue weighted by Crippen LogP contribution is 2.27. The second-order valence-corrected chi connectivity index (χ2v) is 5.70. The second kappa shape index (κ2) is 6.00. The van der Waals surface area contributed by atoms with E-state index in [0.717, 1.165) is 19.3 Å². The number of aromatic nitrogens is 4. The number of thiazole rings is 1. The highest BCUT2D eigenvalue weighted by atomic mass is 32.1. The average molecular weight is 306 g/mol. The van der Waals surface area contributed by atoms with Gasteiger partial charge in [-0.05, 0) is 12.8 Å². The number of nitrogens with zero attached hydrogens (tertiary/aromatic N) is 4. The maximum atomic E-state index is 11.8. The smallest absolute Gasteiger partial charge is 0.247 e. The standard InChI is InChI=1S/C12H14N6O2S/c19-10(15-12-13-4-5-21-12)7-18-6-9(16-17-18)14-11(20)8-2-1-3-8/h4-6,8H,1-3,7H2,(H,14,20)(H,13,15,19). The minimum atomic E-state index is -0.244. The zero-order chi connectivity index (χ0) is 14.7. The first-order chi connectivity index (χ1) is 10.2. The van der Waals surface area contributed by atoms with E-state index >= 15 is 0 Å². The van der Waals surface area contributed by atoms with Crippen LogP contribution in [0.3, 0.4) is 0 Å². The van der Waals surface area contributed by atoms with Crippen molar-refractivity contribution < 1.29 is 9.59 Å². The van der Waals surface area contributed by atoms with Crippen LogP contribution in [0.4, 0.5) is 10.9 Å². The molecule has 2 aromatic heterocycles. The molecule has 1 fully saturated rings. The van der Waals surface area contributed by atoms with E-state index in [1.165, 1.54) is 22.2 Å². The first-order valence-corrected chi connectivity index (χ1v) is 7.49. The summed E-state index contributed by atoms with van der Waals surface area (Å²) in [6.45, 7) is 0.0197. The van der Waals surface area contributed by atoms with E-state index in [4.69, 9.17) is 0 Å². The number of nitrogens with one attached hydrogen (secondary N) is 2. The van der Waals surface area contributed by atoms with Crippen molar-refractivity contribution >= 4 is 34.1 Å². The number of anilines is 2. The molecule has 0 aliphatic heterocycles. The fourth-order valence-electron chi connectivity index (χ4n) is 1.92. The summed E-state index contributed by atoms with van der Waals surface area (Å²) in [5.41, 5.74) is 0. The molecule has 8 nitrogen and oxygen atoms in total. The molecule has 9 heteroatoms. The van der Waals surface area contributed by atoms with Crippen LogP contribution < -0.4 is 10.6 Å². The molecule has 110 valence electrons. The van der Waals surface area contributed by atoms with Crippen LogP contribution in [0.25, 0.3) is 0 Å². The highest BCUT2D eigenvalue weighted by Gasteiger charge is 2.25. The lowest BCUT2D eigenvalue weighted by Crippen LogP contribution is -2.28. The third kappa shape index (κ3) is 3.43. The summed E-state index contributed by atoms with van der Waals surface area (Å²) in [7, 11) is 0. The Balaban J connectivity index is 1.52. The summed E-state index contributed by atoms with van der Waals surface area (Å²) < 4.78 is 1.37. The number of hydrogen-bond donors (Lipinski definition) is 2. The molecule has 1 saturated carbocycles. The average Bonchev–Trinajstić information content (AvgIpc) is 2.99. The van der Waals surface area contributed by atoms with E-state index in [2.05, 4.69) is 25.9 Å². The molecule has 2 aromatic rings.